The zero-order valence-electron chi connectivity index (χ0n) is 9.85. The molecule has 2 heteroatoms. The Balaban J connectivity index is 3.85. The van der Waals surface area contributed by atoms with Crippen LogP contribution >= 0.6 is 0 Å². The summed E-state index contributed by atoms with van der Waals surface area (Å²) in [4.78, 5) is 0. The van der Waals surface area contributed by atoms with Gasteiger partial charge in [0.2, 0.25) is 0 Å². The maximum Gasteiger partial charge on any atom is 0.0236 e. The van der Waals surface area contributed by atoms with Gasteiger partial charge < -0.3 is 0 Å². The Kier molecular flexibility index (Phi) is 5.57. The van der Waals surface area contributed by atoms with Gasteiger partial charge in [-0.3, -0.25) is 11.3 Å². The summed E-state index contributed by atoms with van der Waals surface area (Å²) in [7, 11) is 0. The summed E-state index contributed by atoms with van der Waals surface area (Å²) in [6, 6.07) is 0.476. The van der Waals surface area contributed by atoms with Crippen molar-refractivity contribution in [1.29, 1.82) is 0 Å². The molecule has 0 aliphatic carbocycles. The zero-order chi connectivity index (χ0) is 10.5. The van der Waals surface area contributed by atoms with Gasteiger partial charge in [-0.1, -0.05) is 41.0 Å². The second kappa shape index (κ2) is 5.61. The van der Waals surface area contributed by atoms with Crippen LogP contribution in [0.5, 0.6) is 0 Å². The molecule has 0 spiro atoms. The van der Waals surface area contributed by atoms with Crippen LogP contribution in [0.25, 0.3) is 0 Å². The Labute approximate surface area is 83.2 Å². The standard InChI is InChI=1S/C11H26N2/c1-6-9(2)10(13-12)7-8-11(3,4)5/h9-10,13H,6-8,12H2,1-5H3. The second-order valence-corrected chi connectivity index (χ2v) is 5.26. The number of hydrogen-bond acceptors (Lipinski definition) is 2. The third-order valence-electron chi connectivity index (χ3n) is 2.75. The molecule has 0 aromatic heterocycles. The van der Waals surface area contributed by atoms with Gasteiger partial charge in [0.25, 0.3) is 0 Å². The largest absolute Gasteiger partial charge is 0.271 e. The van der Waals surface area contributed by atoms with E-state index in [1.165, 1.54) is 19.3 Å². The Bertz CT molecular complexity index is 127. The molecule has 2 atom stereocenters. The van der Waals surface area contributed by atoms with Gasteiger partial charge >= 0.3 is 0 Å². The molecule has 3 N–H and O–H groups in total. The topological polar surface area (TPSA) is 38.0 Å². The van der Waals surface area contributed by atoms with Gasteiger partial charge in [0.1, 0.15) is 0 Å². The van der Waals surface area contributed by atoms with Crippen molar-refractivity contribution in [1.82, 2.24) is 5.43 Å². The summed E-state index contributed by atoms with van der Waals surface area (Å²) in [6.07, 6.45) is 3.60. The molecule has 0 rings (SSSR count). The Morgan fingerprint density at radius 3 is 2.15 bits per heavy atom. The van der Waals surface area contributed by atoms with Crippen molar-refractivity contribution in [2.75, 3.05) is 0 Å². The van der Waals surface area contributed by atoms with E-state index in [9.17, 15) is 0 Å². The molecular weight excluding hydrogens is 160 g/mol. The maximum atomic E-state index is 5.53. The Hall–Kier alpha value is -0.0800. The lowest BCUT2D eigenvalue weighted by atomic mass is 9.85. The third kappa shape index (κ3) is 6.05. The van der Waals surface area contributed by atoms with Crippen LogP contribution in [0, 0.1) is 11.3 Å². The normalized spacial score (nSPS) is 17.1. The van der Waals surface area contributed by atoms with Crippen LogP contribution in [0.2, 0.25) is 0 Å². The van der Waals surface area contributed by atoms with E-state index in [0.717, 1.165) is 0 Å². The molecule has 0 radical (unpaired) electrons. The highest BCUT2D eigenvalue weighted by atomic mass is 15.2. The van der Waals surface area contributed by atoms with Gasteiger partial charge in [-0.05, 0) is 24.2 Å². The third-order valence-corrected chi connectivity index (χ3v) is 2.75. The van der Waals surface area contributed by atoms with Gasteiger partial charge in [0.15, 0.2) is 0 Å². The monoisotopic (exact) mass is 186 g/mol. The zero-order valence-corrected chi connectivity index (χ0v) is 9.85. The van der Waals surface area contributed by atoms with Crippen molar-refractivity contribution in [3.8, 4) is 0 Å². The van der Waals surface area contributed by atoms with Gasteiger partial charge in [0.05, 0.1) is 0 Å². The van der Waals surface area contributed by atoms with Crippen LogP contribution in [-0.4, -0.2) is 6.04 Å². The van der Waals surface area contributed by atoms with Crippen LogP contribution in [0.3, 0.4) is 0 Å². The minimum Gasteiger partial charge on any atom is -0.271 e. The van der Waals surface area contributed by atoms with Crippen molar-refractivity contribution in [3.05, 3.63) is 0 Å². The lowest BCUT2D eigenvalue weighted by Crippen LogP contribution is -2.40. The van der Waals surface area contributed by atoms with Crippen LogP contribution in [0.4, 0.5) is 0 Å². The molecule has 80 valence electrons. The predicted octanol–water partition coefficient (Wildman–Crippen LogP) is 2.69. The molecule has 0 aliphatic rings. The van der Waals surface area contributed by atoms with E-state index in [4.69, 9.17) is 5.84 Å². The maximum absolute atomic E-state index is 5.53. The van der Waals surface area contributed by atoms with Crippen molar-refractivity contribution in [3.63, 3.8) is 0 Å². The van der Waals surface area contributed by atoms with Gasteiger partial charge in [0, 0.05) is 6.04 Å². The van der Waals surface area contributed by atoms with Crippen molar-refractivity contribution >= 4 is 0 Å². The molecule has 0 saturated carbocycles. The first-order valence-corrected chi connectivity index (χ1v) is 5.37. The second-order valence-electron chi connectivity index (χ2n) is 5.26. The van der Waals surface area contributed by atoms with E-state index in [-0.39, 0.29) is 0 Å². The molecule has 0 heterocycles. The van der Waals surface area contributed by atoms with Crippen LogP contribution in [0.15, 0.2) is 0 Å². The highest BCUT2D eigenvalue weighted by molar-refractivity contribution is 4.73. The molecule has 0 fully saturated rings. The average Bonchev–Trinajstić information content (AvgIpc) is 2.03. The van der Waals surface area contributed by atoms with Gasteiger partial charge in [-0.2, -0.15) is 0 Å². The van der Waals surface area contributed by atoms with Gasteiger partial charge in [-0.15, -0.1) is 0 Å². The summed E-state index contributed by atoms with van der Waals surface area (Å²) < 4.78 is 0. The SMILES string of the molecule is CCC(C)C(CCC(C)(C)C)NN. The van der Waals surface area contributed by atoms with Crippen LogP contribution < -0.4 is 11.3 Å². The first-order chi connectivity index (χ1) is 5.90. The summed E-state index contributed by atoms with van der Waals surface area (Å²) in [6.45, 7) is 11.3. The van der Waals surface area contributed by atoms with E-state index in [0.29, 0.717) is 17.4 Å². The fourth-order valence-electron chi connectivity index (χ4n) is 1.41. The predicted molar refractivity (Wildman–Crippen MR) is 59.3 cm³/mol. The Morgan fingerprint density at radius 2 is 1.85 bits per heavy atom. The van der Waals surface area contributed by atoms with Crippen molar-refractivity contribution < 1.29 is 0 Å². The first kappa shape index (κ1) is 12.9. The van der Waals surface area contributed by atoms with Crippen LogP contribution in [0.1, 0.15) is 53.9 Å². The average molecular weight is 186 g/mol. The summed E-state index contributed by atoms with van der Waals surface area (Å²) in [5.41, 5.74) is 3.34. The summed E-state index contributed by atoms with van der Waals surface area (Å²) in [5, 5.41) is 0. The fraction of sp³-hybridized carbons (Fsp3) is 1.00. The fourth-order valence-corrected chi connectivity index (χ4v) is 1.41. The highest BCUT2D eigenvalue weighted by Gasteiger charge is 2.17. The smallest absolute Gasteiger partial charge is 0.0236 e. The number of hydrogen-bond donors (Lipinski definition) is 2. The molecule has 13 heavy (non-hydrogen) atoms. The lowest BCUT2D eigenvalue weighted by molar-refractivity contribution is 0.285. The summed E-state index contributed by atoms with van der Waals surface area (Å²) >= 11 is 0. The number of nitrogens with two attached hydrogens (primary N) is 1. The van der Waals surface area contributed by atoms with E-state index in [1.54, 1.807) is 0 Å². The number of rotatable bonds is 5. The highest BCUT2D eigenvalue weighted by Crippen LogP contribution is 2.23. The molecule has 0 aromatic carbocycles. The Morgan fingerprint density at radius 1 is 1.31 bits per heavy atom. The molecule has 2 unspecified atom stereocenters. The molecule has 0 amide bonds. The molecule has 0 bridgehead atoms. The molecule has 0 aromatic rings. The van der Waals surface area contributed by atoms with E-state index < -0.39 is 0 Å². The van der Waals surface area contributed by atoms with Crippen LogP contribution in [-0.2, 0) is 0 Å². The van der Waals surface area contributed by atoms with Crippen molar-refractivity contribution in [2.45, 2.75) is 59.9 Å². The molecule has 2 nitrogen and oxygen atoms in total. The van der Waals surface area contributed by atoms with E-state index >= 15 is 0 Å². The minimum atomic E-state index is 0.419. The minimum absolute atomic E-state index is 0.419. The molecular formula is C11H26N2. The van der Waals surface area contributed by atoms with Crippen molar-refractivity contribution in [2.24, 2.45) is 17.2 Å². The quantitative estimate of drug-likeness (QED) is 0.512. The number of nitrogens with one attached hydrogen (secondary N) is 1. The number of hydrazine groups is 1. The molecule has 0 aliphatic heterocycles. The summed E-state index contributed by atoms with van der Waals surface area (Å²) in [5.74, 6) is 6.20. The van der Waals surface area contributed by atoms with E-state index in [2.05, 4.69) is 40.0 Å². The van der Waals surface area contributed by atoms with Gasteiger partial charge in [-0.25, -0.2) is 0 Å². The molecule has 0 saturated heterocycles. The first-order valence-electron chi connectivity index (χ1n) is 5.37. The van der Waals surface area contributed by atoms with E-state index in [1.807, 2.05) is 0 Å². The lowest BCUT2D eigenvalue weighted by Gasteiger charge is -2.26.